The first-order valence-electron chi connectivity index (χ1n) is 5.68. The first kappa shape index (κ1) is 15.1. The molecule has 2 aromatic heterocycles. The van der Waals surface area contributed by atoms with E-state index in [-0.39, 0.29) is 18.8 Å². The highest BCUT2D eigenvalue weighted by atomic mass is 35.5. The second-order valence-electron chi connectivity index (χ2n) is 4.01. The van der Waals surface area contributed by atoms with E-state index in [4.69, 9.17) is 11.6 Å². The van der Waals surface area contributed by atoms with Gasteiger partial charge in [0.05, 0.1) is 16.6 Å². The Morgan fingerprint density at radius 3 is 2.70 bits per heavy atom. The summed E-state index contributed by atoms with van der Waals surface area (Å²) in [6.45, 7) is -0.0657. The molecule has 0 bridgehead atoms. The molecule has 0 aliphatic carbocycles. The third kappa shape index (κ3) is 3.40. The summed E-state index contributed by atoms with van der Waals surface area (Å²) < 4.78 is 39.2. The van der Waals surface area contributed by atoms with Crippen LogP contribution in [0.5, 0.6) is 0 Å². The van der Waals surface area contributed by atoms with Gasteiger partial charge in [-0.1, -0.05) is 6.07 Å². The molecule has 0 amide bonds. The van der Waals surface area contributed by atoms with Gasteiger partial charge in [-0.3, -0.25) is 4.79 Å². The van der Waals surface area contributed by atoms with E-state index >= 15 is 0 Å². The van der Waals surface area contributed by atoms with Crippen LogP contribution in [0.2, 0.25) is 0 Å². The lowest BCUT2D eigenvalue weighted by Gasteiger charge is -2.14. The van der Waals surface area contributed by atoms with E-state index in [1.54, 1.807) is 5.38 Å². The molecule has 0 radical (unpaired) electrons. The number of thiazole rings is 1. The molecular weight excluding hydrogens is 313 g/mol. The summed E-state index contributed by atoms with van der Waals surface area (Å²) in [7, 11) is 0. The molecule has 0 N–H and O–H groups in total. The quantitative estimate of drug-likeness (QED) is 0.810. The summed E-state index contributed by atoms with van der Waals surface area (Å²) in [4.78, 5) is 15.7. The topological polar surface area (TPSA) is 34.9 Å². The molecule has 0 fully saturated rings. The lowest BCUT2D eigenvalue weighted by molar-refractivity contribution is -0.144. The number of rotatable bonds is 4. The zero-order chi connectivity index (χ0) is 14.8. The number of aryl methyl sites for hydroxylation is 1. The normalized spacial score (nSPS) is 11.8. The van der Waals surface area contributed by atoms with E-state index in [0.29, 0.717) is 10.7 Å². The Hall–Kier alpha value is -1.34. The molecule has 2 aromatic rings. The first-order valence-corrected chi connectivity index (χ1v) is 7.09. The smallest absolute Gasteiger partial charge is 0.304 e. The van der Waals surface area contributed by atoms with Crippen molar-refractivity contribution in [3.8, 4) is 0 Å². The highest BCUT2D eigenvalue weighted by Gasteiger charge is 2.34. The number of pyridine rings is 1. The van der Waals surface area contributed by atoms with Crippen molar-refractivity contribution < 1.29 is 13.2 Å². The van der Waals surface area contributed by atoms with Gasteiger partial charge in [-0.2, -0.15) is 13.2 Å². The minimum Gasteiger partial charge on any atom is -0.304 e. The third-order valence-corrected chi connectivity index (χ3v) is 3.86. The van der Waals surface area contributed by atoms with Crippen molar-refractivity contribution >= 4 is 22.9 Å². The number of nitrogens with zero attached hydrogens (tertiary/aromatic N) is 2. The van der Waals surface area contributed by atoms with Crippen molar-refractivity contribution in [2.45, 2.75) is 25.0 Å². The van der Waals surface area contributed by atoms with Crippen LogP contribution in [0, 0.1) is 0 Å². The molecule has 0 atom stereocenters. The fraction of sp³-hybridized carbons (Fsp3) is 0.333. The molecule has 2 heterocycles. The van der Waals surface area contributed by atoms with Crippen LogP contribution in [0.4, 0.5) is 13.2 Å². The van der Waals surface area contributed by atoms with E-state index in [0.717, 1.165) is 22.8 Å². The molecule has 0 aliphatic rings. The number of halogens is 4. The van der Waals surface area contributed by atoms with Gasteiger partial charge in [0.15, 0.2) is 0 Å². The Morgan fingerprint density at radius 2 is 2.10 bits per heavy atom. The van der Waals surface area contributed by atoms with Crippen molar-refractivity contribution in [2.24, 2.45) is 0 Å². The Bertz CT molecular complexity index is 651. The van der Waals surface area contributed by atoms with Crippen molar-refractivity contribution in [3.63, 3.8) is 0 Å². The standard InChI is InChI=1S/C12H10ClF3N2OS/c13-6-8-7-20-10(17-8)4-5-18-9(12(14,15)16)2-1-3-11(18)19/h1-3,7H,4-6H2. The number of hydrogen-bond acceptors (Lipinski definition) is 3. The maximum absolute atomic E-state index is 12.8. The largest absolute Gasteiger partial charge is 0.431 e. The lowest BCUT2D eigenvalue weighted by atomic mass is 10.3. The van der Waals surface area contributed by atoms with Crippen LogP contribution in [0.1, 0.15) is 16.4 Å². The molecule has 3 nitrogen and oxygen atoms in total. The predicted octanol–water partition coefficient (Wildman–Crippen LogP) is 3.31. The molecule has 8 heteroatoms. The maximum Gasteiger partial charge on any atom is 0.431 e. The lowest BCUT2D eigenvalue weighted by Crippen LogP contribution is -2.27. The van der Waals surface area contributed by atoms with Gasteiger partial charge in [-0.25, -0.2) is 4.98 Å². The van der Waals surface area contributed by atoms with Crippen LogP contribution in [-0.2, 0) is 25.0 Å². The summed E-state index contributed by atoms with van der Waals surface area (Å²) in [6.07, 6.45) is -4.29. The molecule has 0 saturated heterocycles. The second kappa shape index (κ2) is 5.97. The van der Waals surface area contributed by atoms with Gasteiger partial charge in [0.1, 0.15) is 5.69 Å². The Labute approximate surface area is 121 Å². The van der Waals surface area contributed by atoms with Gasteiger partial charge in [0, 0.05) is 24.4 Å². The summed E-state index contributed by atoms with van der Waals surface area (Å²) in [5, 5.41) is 2.41. The Balaban J connectivity index is 2.23. The Kier molecular flexibility index (Phi) is 4.49. The summed E-state index contributed by atoms with van der Waals surface area (Å²) in [5.74, 6) is 0.260. The van der Waals surface area contributed by atoms with Gasteiger partial charge in [-0.05, 0) is 6.07 Å². The summed E-state index contributed by atoms with van der Waals surface area (Å²) >= 11 is 6.93. The SMILES string of the molecule is O=c1cccc(C(F)(F)F)n1CCc1nc(CCl)cs1. The van der Waals surface area contributed by atoms with Crippen molar-refractivity contribution in [2.75, 3.05) is 0 Å². The van der Waals surface area contributed by atoms with Crippen LogP contribution < -0.4 is 5.56 Å². The van der Waals surface area contributed by atoms with E-state index in [1.807, 2.05) is 0 Å². The molecule has 108 valence electrons. The van der Waals surface area contributed by atoms with Gasteiger partial charge in [-0.15, -0.1) is 22.9 Å². The second-order valence-corrected chi connectivity index (χ2v) is 5.22. The van der Waals surface area contributed by atoms with Gasteiger partial charge in [0.2, 0.25) is 0 Å². The fourth-order valence-electron chi connectivity index (χ4n) is 1.73. The number of hydrogen-bond donors (Lipinski definition) is 0. The van der Waals surface area contributed by atoms with Crippen molar-refractivity contribution in [1.29, 1.82) is 0 Å². The minimum absolute atomic E-state index is 0.0657. The van der Waals surface area contributed by atoms with Crippen LogP contribution in [-0.4, -0.2) is 9.55 Å². The van der Waals surface area contributed by atoms with Crippen LogP contribution in [0.3, 0.4) is 0 Å². The van der Waals surface area contributed by atoms with E-state index in [2.05, 4.69) is 4.98 Å². The Morgan fingerprint density at radius 1 is 1.35 bits per heavy atom. The first-order chi connectivity index (χ1) is 9.41. The van der Waals surface area contributed by atoms with E-state index in [1.165, 1.54) is 11.3 Å². The average Bonchev–Trinajstić information content (AvgIpc) is 2.84. The van der Waals surface area contributed by atoms with Crippen molar-refractivity contribution in [1.82, 2.24) is 9.55 Å². The summed E-state index contributed by atoms with van der Waals surface area (Å²) in [6, 6.07) is 3.12. The third-order valence-electron chi connectivity index (χ3n) is 2.63. The molecule has 0 saturated carbocycles. The molecular formula is C12H10ClF3N2OS. The summed E-state index contributed by atoms with van der Waals surface area (Å²) in [5.41, 5.74) is -0.934. The van der Waals surface area contributed by atoms with Gasteiger partial charge in [0.25, 0.3) is 5.56 Å². The molecule has 0 aliphatic heterocycles. The molecule has 0 unspecified atom stereocenters. The van der Waals surface area contributed by atoms with E-state index < -0.39 is 17.4 Å². The fourth-order valence-corrected chi connectivity index (χ4v) is 2.75. The zero-order valence-electron chi connectivity index (χ0n) is 10.2. The van der Waals surface area contributed by atoms with E-state index in [9.17, 15) is 18.0 Å². The molecule has 2 rings (SSSR count). The minimum atomic E-state index is -4.55. The van der Waals surface area contributed by atoms with Crippen LogP contribution in [0.25, 0.3) is 0 Å². The predicted molar refractivity (Wildman–Crippen MR) is 71.1 cm³/mol. The highest BCUT2D eigenvalue weighted by molar-refractivity contribution is 7.09. The van der Waals surface area contributed by atoms with Crippen LogP contribution in [0.15, 0.2) is 28.4 Å². The van der Waals surface area contributed by atoms with Gasteiger partial charge < -0.3 is 4.57 Å². The molecule has 20 heavy (non-hydrogen) atoms. The van der Waals surface area contributed by atoms with Crippen molar-refractivity contribution in [3.05, 3.63) is 50.3 Å². The molecule has 0 spiro atoms. The highest BCUT2D eigenvalue weighted by Crippen LogP contribution is 2.28. The van der Waals surface area contributed by atoms with Gasteiger partial charge >= 0.3 is 6.18 Å². The number of aromatic nitrogens is 2. The maximum atomic E-state index is 12.8. The number of alkyl halides is 4. The zero-order valence-corrected chi connectivity index (χ0v) is 11.7. The average molecular weight is 323 g/mol. The van der Waals surface area contributed by atoms with Crippen LogP contribution >= 0.6 is 22.9 Å². The monoisotopic (exact) mass is 322 g/mol. The molecule has 0 aromatic carbocycles.